The summed E-state index contributed by atoms with van der Waals surface area (Å²) in [6.07, 6.45) is 0. The summed E-state index contributed by atoms with van der Waals surface area (Å²) in [5.74, 6) is 0.438. The summed E-state index contributed by atoms with van der Waals surface area (Å²) in [4.78, 5) is 10.3. The lowest BCUT2D eigenvalue weighted by Gasteiger charge is -1.90. The molecule has 2 nitrogen and oxygen atoms in total. The molecular formula is C4H10NOS+. The van der Waals surface area contributed by atoms with Gasteiger partial charge < -0.3 is 5.32 Å². The Bertz CT molecular complexity index is 64.7. The molecule has 0 unspecified atom stereocenters. The van der Waals surface area contributed by atoms with E-state index < -0.39 is 0 Å². The van der Waals surface area contributed by atoms with Crippen LogP contribution in [-0.2, 0) is 17.4 Å². The van der Waals surface area contributed by atoms with E-state index in [4.69, 9.17) is 0 Å². The molecule has 7 heavy (non-hydrogen) atoms. The lowest BCUT2D eigenvalue weighted by molar-refractivity contribution is -0.118. The highest BCUT2D eigenvalue weighted by Gasteiger charge is 1.94. The van der Waals surface area contributed by atoms with Crippen LogP contribution in [-0.4, -0.2) is 18.2 Å². The molecule has 3 heteroatoms. The standard InChI is InChI=1S/C4H9NOS/c1-2-5-4(6)3-7/h7H,2-3H2,1H3,(H,5,6)/p+1. The SMILES string of the molecule is CCNC(=O)C[SH2+]. The third kappa shape index (κ3) is 3.66. The Morgan fingerprint density at radius 2 is 2.43 bits per heavy atom. The molecule has 0 bridgehead atoms. The van der Waals surface area contributed by atoms with Gasteiger partial charge in [-0.2, -0.15) is 0 Å². The van der Waals surface area contributed by atoms with Crippen LogP contribution in [0.25, 0.3) is 0 Å². The van der Waals surface area contributed by atoms with Crippen molar-refractivity contribution in [3.05, 3.63) is 0 Å². The average molecular weight is 120 g/mol. The first-order valence-corrected chi connectivity index (χ1v) is 2.93. The van der Waals surface area contributed by atoms with Gasteiger partial charge >= 0.3 is 0 Å². The van der Waals surface area contributed by atoms with Crippen molar-refractivity contribution in [1.82, 2.24) is 5.32 Å². The molecule has 0 saturated heterocycles. The summed E-state index contributed by atoms with van der Waals surface area (Å²) in [5, 5.41) is 2.61. The second-order valence-corrected chi connectivity index (χ2v) is 1.48. The van der Waals surface area contributed by atoms with E-state index in [0.29, 0.717) is 12.3 Å². The highest BCUT2D eigenvalue weighted by atomic mass is 32.1. The van der Waals surface area contributed by atoms with Crippen molar-refractivity contribution >= 4 is 18.5 Å². The van der Waals surface area contributed by atoms with Gasteiger partial charge in [0.25, 0.3) is 5.91 Å². The first-order chi connectivity index (χ1) is 3.31. The molecule has 0 aliphatic carbocycles. The number of carbonyl (C=O) groups excluding carboxylic acids is 1. The fraction of sp³-hybridized carbons (Fsp3) is 0.750. The zero-order chi connectivity index (χ0) is 5.70. The maximum Gasteiger partial charge on any atom is 0.269 e. The van der Waals surface area contributed by atoms with Crippen molar-refractivity contribution in [2.45, 2.75) is 6.92 Å². The molecule has 0 aromatic rings. The minimum atomic E-state index is 0.0409. The molecule has 0 fully saturated rings. The summed E-state index contributed by atoms with van der Waals surface area (Å²) < 4.78 is 0. The molecule has 0 aromatic carbocycles. The summed E-state index contributed by atoms with van der Waals surface area (Å²) >= 11 is 3.05. The van der Waals surface area contributed by atoms with Gasteiger partial charge in [0.15, 0.2) is 5.75 Å². The first-order valence-electron chi connectivity index (χ1n) is 2.22. The van der Waals surface area contributed by atoms with Gasteiger partial charge in [0.05, 0.1) is 0 Å². The van der Waals surface area contributed by atoms with Gasteiger partial charge in [0, 0.05) is 6.54 Å². The third-order valence-electron chi connectivity index (χ3n) is 0.535. The smallest absolute Gasteiger partial charge is 0.269 e. The van der Waals surface area contributed by atoms with E-state index >= 15 is 0 Å². The van der Waals surface area contributed by atoms with Crippen LogP contribution in [0, 0.1) is 0 Å². The van der Waals surface area contributed by atoms with Crippen LogP contribution in [0.3, 0.4) is 0 Å². The van der Waals surface area contributed by atoms with Crippen molar-refractivity contribution in [1.29, 1.82) is 0 Å². The normalized spacial score (nSPS) is 8.29. The highest BCUT2D eigenvalue weighted by molar-refractivity contribution is 7.59. The Kier molecular flexibility index (Phi) is 3.89. The van der Waals surface area contributed by atoms with Crippen molar-refractivity contribution in [3.63, 3.8) is 0 Å². The Balaban J connectivity index is 3.00. The lowest BCUT2D eigenvalue weighted by atomic mass is 10.6. The summed E-state index contributed by atoms with van der Waals surface area (Å²) in [6.45, 7) is 2.60. The van der Waals surface area contributed by atoms with Crippen LogP contribution in [0.1, 0.15) is 6.92 Å². The number of amides is 1. The predicted molar refractivity (Wildman–Crippen MR) is 33.7 cm³/mol. The minimum absolute atomic E-state index is 0.0409. The van der Waals surface area contributed by atoms with E-state index in [0.717, 1.165) is 0 Å². The van der Waals surface area contributed by atoms with E-state index in [9.17, 15) is 4.79 Å². The van der Waals surface area contributed by atoms with E-state index in [1.807, 2.05) is 6.92 Å². The zero-order valence-electron chi connectivity index (χ0n) is 4.32. The van der Waals surface area contributed by atoms with Crippen LogP contribution in [0.5, 0.6) is 0 Å². The lowest BCUT2D eigenvalue weighted by Crippen LogP contribution is -2.24. The van der Waals surface area contributed by atoms with Crippen LogP contribution < -0.4 is 5.32 Å². The number of hydrogen-bond donors (Lipinski definition) is 1. The molecule has 0 aliphatic rings. The summed E-state index contributed by atoms with van der Waals surface area (Å²) in [7, 11) is 0. The largest absolute Gasteiger partial charge is 0.352 e. The Morgan fingerprint density at radius 3 is 2.57 bits per heavy atom. The Labute approximate surface area is 48.7 Å². The van der Waals surface area contributed by atoms with Crippen molar-refractivity contribution in [2.75, 3.05) is 12.3 Å². The van der Waals surface area contributed by atoms with E-state index in [1.165, 1.54) is 0 Å². The predicted octanol–water partition coefficient (Wildman–Crippen LogP) is -0.866. The molecule has 0 atom stereocenters. The topological polar surface area (TPSA) is 29.1 Å². The quantitative estimate of drug-likeness (QED) is 0.472. The molecule has 1 N–H and O–H groups in total. The summed E-state index contributed by atoms with van der Waals surface area (Å²) in [6, 6.07) is 0. The van der Waals surface area contributed by atoms with Crippen molar-refractivity contribution in [3.8, 4) is 0 Å². The molecule has 0 heterocycles. The van der Waals surface area contributed by atoms with Gasteiger partial charge in [-0.3, -0.25) is 4.79 Å². The van der Waals surface area contributed by atoms with Gasteiger partial charge in [-0.15, -0.1) is 0 Å². The maximum atomic E-state index is 10.3. The third-order valence-corrected chi connectivity index (χ3v) is 0.856. The fourth-order valence-corrected chi connectivity index (χ4v) is 0.385. The van der Waals surface area contributed by atoms with Crippen LogP contribution in [0.2, 0.25) is 0 Å². The number of nitrogens with one attached hydrogen (secondary N) is 1. The molecule has 0 aliphatic heterocycles. The van der Waals surface area contributed by atoms with E-state index in [1.54, 1.807) is 0 Å². The number of hydrogen-bond acceptors (Lipinski definition) is 1. The van der Waals surface area contributed by atoms with E-state index in [-0.39, 0.29) is 5.91 Å². The van der Waals surface area contributed by atoms with Gasteiger partial charge in [-0.25, -0.2) is 0 Å². The van der Waals surface area contributed by atoms with Gasteiger partial charge in [0.2, 0.25) is 0 Å². The summed E-state index contributed by atoms with van der Waals surface area (Å²) in [5.41, 5.74) is 0. The maximum absolute atomic E-state index is 10.3. The molecular weight excluding hydrogens is 110 g/mol. The molecule has 0 aromatic heterocycles. The number of rotatable bonds is 2. The average Bonchev–Trinajstić information content (AvgIpc) is 1.68. The molecule has 0 saturated carbocycles. The number of carbonyl (C=O) groups is 1. The minimum Gasteiger partial charge on any atom is -0.352 e. The first kappa shape index (κ1) is 6.82. The van der Waals surface area contributed by atoms with Gasteiger partial charge in [-0.05, 0) is 19.6 Å². The van der Waals surface area contributed by atoms with Gasteiger partial charge in [-0.1, -0.05) is 0 Å². The molecule has 1 amide bonds. The van der Waals surface area contributed by atoms with Crippen molar-refractivity contribution < 1.29 is 4.79 Å². The fourth-order valence-electron chi connectivity index (χ4n) is 0.260. The van der Waals surface area contributed by atoms with Gasteiger partial charge in [0.1, 0.15) is 0 Å². The molecule has 0 radical (unpaired) electrons. The van der Waals surface area contributed by atoms with Crippen LogP contribution in [0.4, 0.5) is 0 Å². The molecule has 42 valence electrons. The van der Waals surface area contributed by atoms with Crippen LogP contribution in [0.15, 0.2) is 0 Å². The highest BCUT2D eigenvalue weighted by Crippen LogP contribution is 1.59. The second kappa shape index (κ2) is 3.99. The zero-order valence-corrected chi connectivity index (χ0v) is 5.32. The second-order valence-electron chi connectivity index (χ2n) is 1.13. The van der Waals surface area contributed by atoms with Crippen molar-refractivity contribution in [2.24, 2.45) is 0 Å². The van der Waals surface area contributed by atoms with Crippen LogP contribution >= 0.6 is 0 Å². The Morgan fingerprint density at radius 1 is 1.86 bits per heavy atom. The van der Waals surface area contributed by atoms with E-state index in [2.05, 4.69) is 17.9 Å². The Hall–Kier alpha value is -0.180. The molecule has 0 rings (SSSR count). The monoisotopic (exact) mass is 120 g/mol. The molecule has 0 spiro atoms.